The van der Waals surface area contributed by atoms with E-state index < -0.39 is 10.0 Å². The summed E-state index contributed by atoms with van der Waals surface area (Å²) in [7, 11) is -0.709. The van der Waals surface area contributed by atoms with E-state index in [-0.39, 0.29) is 0 Å². The number of hydrogen-bond acceptors (Lipinski definition) is 4. The van der Waals surface area contributed by atoms with Crippen molar-refractivity contribution in [2.45, 2.75) is 31.6 Å². The van der Waals surface area contributed by atoms with Gasteiger partial charge in [0, 0.05) is 6.07 Å². The Morgan fingerprint density at radius 1 is 0.958 bits per heavy atom. The summed E-state index contributed by atoms with van der Waals surface area (Å²) in [6.45, 7) is 3.93. The number of nitrogens with one attached hydrogen (secondary N) is 1. The fraction of sp³-hybridized carbons (Fsp3) is 0.333. The molecule has 130 valence electrons. The number of rotatable bonds is 7. The van der Waals surface area contributed by atoms with Crippen LogP contribution < -0.4 is 14.2 Å². The number of methoxy groups -OCH3 is 2. The molecule has 1 N–H and O–H groups in total. The van der Waals surface area contributed by atoms with Crippen LogP contribution in [0.25, 0.3) is 0 Å². The van der Waals surface area contributed by atoms with Gasteiger partial charge in [-0.25, -0.2) is 8.42 Å². The topological polar surface area (TPSA) is 64.6 Å². The third-order valence-corrected chi connectivity index (χ3v) is 5.31. The Bertz CT molecular complexity index is 816. The van der Waals surface area contributed by atoms with Gasteiger partial charge in [0.2, 0.25) is 0 Å². The highest BCUT2D eigenvalue weighted by molar-refractivity contribution is 7.92. The van der Waals surface area contributed by atoms with Crippen LogP contribution in [-0.2, 0) is 22.9 Å². The minimum absolute atomic E-state index is 0.300. The lowest BCUT2D eigenvalue weighted by atomic mass is 10.1. The van der Waals surface area contributed by atoms with E-state index in [9.17, 15) is 8.42 Å². The van der Waals surface area contributed by atoms with Gasteiger partial charge in [0.05, 0.1) is 24.8 Å². The van der Waals surface area contributed by atoms with Crippen molar-refractivity contribution >= 4 is 15.7 Å². The number of hydrogen-bond donors (Lipinski definition) is 1. The molecule has 2 aromatic carbocycles. The Kier molecular flexibility index (Phi) is 5.72. The van der Waals surface area contributed by atoms with Crippen LogP contribution in [0.2, 0.25) is 0 Å². The van der Waals surface area contributed by atoms with E-state index in [0.29, 0.717) is 28.5 Å². The first kappa shape index (κ1) is 18.1. The van der Waals surface area contributed by atoms with Crippen molar-refractivity contribution in [2.24, 2.45) is 0 Å². The molecule has 0 aliphatic heterocycles. The molecule has 0 saturated carbocycles. The quantitative estimate of drug-likeness (QED) is 0.829. The van der Waals surface area contributed by atoms with E-state index >= 15 is 0 Å². The van der Waals surface area contributed by atoms with Crippen molar-refractivity contribution in [2.75, 3.05) is 18.9 Å². The average Bonchev–Trinajstić information content (AvgIpc) is 2.60. The molecule has 5 nitrogen and oxygen atoms in total. The van der Waals surface area contributed by atoms with Gasteiger partial charge in [-0.05, 0) is 42.2 Å². The number of anilines is 1. The van der Waals surface area contributed by atoms with Crippen LogP contribution in [0.1, 0.15) is 25.0 Å². The summed E-state index contributed by atoms with van der Waals surface area (Å²) in [6, 6.07) is 10.5. The molecule has 2 aromatic rings. The molecule has 0 fully saturated rings. The van der Waals surface area contributed by atoms with Crippen LogP contribution in [0.3, 0.4) is 0 Å². The number of aryl methyl sites for hydroxylation is 2. The van der Waals surface area contributed by atoms with Crippen molar-refractivity contribution in [1.82, 2.24) is 0 Å². The first-order chi connectivity index (χ1) is 11.4. The molecule has 2 rings (SSSR count). The molecule has 0 aliphatic rings. The number of benzene rings is 2. The minimum atomic E-state index is -3.73. The van der Waals surface area contributed by atoms with Gasteiger partial charge in [-0.3, -0.25) is 4.72 Å². The molecule has 24 heavy (non-hydrogen) atoms. The van der Waals surface area contributed by atoms with Crippen molar-refractivity contribution in [3.63, 3.8) is 0 Å². The van der Waals surface area contributed by atoms with Crippen molar-refractivity contribution in [3.05, 3.63) is 47.5 Å². The van der Waals surface area contributed by atoms with Crippen LogP contribution in [0.4, 0.5) is 5.69 Å². The van der Waals surface area contributed by atoms with Gasteiger partial charge in [-0.15, -0.1) is 0 Å². The van der Waals surface area contributed by atoms with Crippen molar-refractivity contribution in [3.8, 4) is 11.5 Å². The highest BCUT2D eigenvalue weighted by atomic mass is 32.2. The Morgan fingerprint density at radius 3 is 2.29 bits per heavy atom. The molecule has 0 spiro atoms. The van der Waals surface area contributed by atoms with E-state index in [1.54, 1.807) is 24.3 Å². The average molecular weight is 349 g/mol. The zero-order valence-electron chi connectivity index (χ0n) is 14.4. The van der Waals surface area contributed by atoms with Crippen LogP contribution in [-0.4, -0.2) is 22.6 Å². The zero-order valence-corrected chi connectivity index (χ0v) is 15.2. The van der Waals surface area contributed by atoms with Crippen LogP contribution in [0.15, 0.2) is 41.3 Å². The van der Waals surface area contributed by atoms with E-state index in [1.165, 1.54) is 14.2 Å². The standard InChI is InChI=1S/C18H23NO4S/c1-5-13-7-8-14(6-2)18(11-13)24(20,21)19-16-12-15(22-3)9-10-17(16)23-4/h7-12,19H,5-6H2,1-4H3. The molecule has 0 bridgehead atoms. The molecule has 0 saturated heterocycles. The lowest BCUT2D eigenvalue weighted by molar-refractivity contribution is 0.405. The molecule has 0 atom stereocenters. The Hall–Kier alpha value is -2.21. The first-order valence-corrected chi connectivity index (χ1v) is 9.30. The molecule has 0 unspecified atom stereocenters. The van der Waals surface area contributed by atoms with E-state index in [2.05, 4.69) is 4.72 Å². The maximum absolute atomic E-state index is 12.9. The molecule has 0 heterocycles. The van der Waals surface area contributed by atoms with Gasteiger partial charge in [-0.1, -0.05) is 26.0 Å². The summed E-state index contributed by atoms with van der Waals surface area (Å²) in [5.74, 6) is 0.982. The fourth-order valence-electron chi connectivity index (χ4n) is 2.45. The van der Waals surface area contributed by atoms with Gasteiger partial charge in [0.15, 0.2) is 0 Å². The summed E-state index contributed by atoms with van der Waals surface area (Å²) >= 11 is 0. The smallest absolute Gasteiger partial charge is 0.262 e. The second kappa shape index (κ2) is 7.57. The Balaban J connectivity index is 2.49. The highest BCUT2D eigenvalue weighted by Gasteiger charge is 2.20. The van der Waals surface area contributed by atoms with Gasteiger partial charge in [0.1, 0.15) is 11.5 Å². The van der Waals surface area contributed by atoms with Gasteiger partial charge in [-0.2, -0.15) is 0 Å². The summed E-state index contributed by atoms with van der Waals surface area (Å²) in [4.78, 5) is 0.300. The second-order valence-electron chi connectivity index (χ2n) is 5.32. The van der Waals surface area contributed by atoms with E-state index in [0.717, 1.165) is 17.5 Å². The van der Waals surface area contributed by atoms with Crippen molar-refractivity contribution in [1.29, 1.82) is 0 Å². The lowest BCUT2D eigenvalue weighted by Gasteiger charge is -2.15. The summed E-state index contributed by atoms with van der Waals surface area (Å²) < 4.78 is 38.9. The molecular formula is C18H23NO4S. The molecular weight excluding hydrogens is 326 g/mol. The zero-order chi connectivity index (χ0) is 17.7. The Morgan fingerprint density at radius 2 is 1.71 bits per heavy atom. The predicted octanol–water partition coefficient (Wildman–Crippen LogP) is 3.63. The third kappa shape index (κ3) is 3.82. The Labute approximate surface area is 143 Å². The fourth-order valence-corrected chi connectivity index (χ4v) is 3.88. The van der Waals surface area contributed by atoms with Gasteiger partial charge >= 0.3 is 0 Å². The highest BCUT2D eigenvalue weighted by Crippen LogP contribution is 2.31. The third-order valence-electron chi connectivity index (χ3n) is 3.86. The van der Waals surface area contributed by atoms with Crippen LogP contribution in [0.5, 0.6) is 11.5 Å². The molecule has 0 aliphatic carbocycles. The first-order valence-electron chi connectivity index (χ1n) is 7.81. The van der Waals surface area contributed by atoms with Gasteiger partial charge in [0.25, 0.3) is 10.0 Å². The summed E-state index contributed by atoms with van der Waals surface area (Å²) in [6.07, 6.45) is 1.41. The monoisotopic (exact) mass is 349 g/mol. The SMILES string of the molecule is CCc1ccc(CC)c(S(=O)(=O)Nc2cc(OC)ccc2OC)c1. The second-order valence-corrected chi connectivity index (χ2v) is 6.97. The molecule has 0 aromatic heterocycles. The lowest BCUT2D eigenvalue weighted by Crippen LogP contribution is -2.16. The van der Waals surface area contributed by atoms with Gasteiger partial charge < -0.3 is 9.47 Å². The van der Waals surface area contributed by atoms with Crippen LogP contribution >= 0.6 is 0 Å². The van der Waals surface area contributed by atoms with Crippen molar-refractivity contribution < 1.29 is 17.9 Å². The largest absolute Gasteiger partial charge is 0.497 e. The van der Waals surface area contributed by atoms with E-state index in [4.69, 9.17) is 9.47 Å². The molecule has 0 amide bonds. The van der Waals surface area contributed by atoms with Crippen LogP contribution in [0, 0.1) is 0 Å². The molecule has 6 heteroatoms. The summed E-state index contributed by atoms with van der Waals surface area (Å²) in [5, 5.41) is 0. The molecule has 0 radical (unpaired) electrons. The van der Waals surface area contributed by atoms with E-state index in [1.807, 2.05) is 26.0 Å². The maximum atomic E-state index is 12.9. The normalized spacial score (nSPS) is 11.2. The number of ether oxygens (including phenoxy) is 2. The summed E-state index contributed by atoms with van der Waals surface area (Å²) in [5.41, 5.74) is 2.10. The minimum Gasteiger partial charge on any atom is -0.497 e. The maximum Gasteiger partial charge on any atom is 0.262 e. The number of sulfonamides is 1. The predicted molar refractivity (Wildman–Crippen MR) is 95.6 cm³/mol.